The van der Waals surface area contributed by atoms with Crippen molar-refractivity contribution in [2.24, 2.45) is 12.0 Å². The van der Waals surface area contributed by atoms with Crippen LogP contribution in [0, 0.1) is 0 Å². The van der Waals surface area contributed by atoms with Crippen LogP contribution in [0.4, 0.5) is 5.69 Å². The Bertz CT molecular complexity index is 902. The fourth-order valence-electron chi connectivity index (χ4n) is 2.74. The first-order valence-corrected chi connectivity index (χ1v) is 9.89. The van der Waals surface area contributed by atoms with Gasteiger partial charge in [0.2, 0.25) is 5.91 Å². The number of guanidine groups is 1. The molecule has 0 saturated carbocycles. The van der Waals surface area contributed by atoms with E-state index in [1.807, 2.05) is 46.0 Å². The van der Waals surface area contributed by atoms with Crippen LogP contribution >= 0.6 is 0 Å². The molecule has 1 amide bonds. The lowest BCUT2D eigenvalue weighted by Crippen LogP contribution is -2.46. The Morgan fingerprint density at radius 1 is 1.23 bits per heavy atom. The van der Waals surface area contributed by atoms with Crippen LogP contribution in [0.1, 0.15) is 33.0 Å². The summed E-state index contributed by atoms with van der Waals surface area (Å²) in [4.78, 5) is 16.8. The lowest BCUT2D eigenvalue weighted by molar-refractivity contribution is -0.121. The third-order valence-electron chi connectivity index (χ3n) is 4.12. The molecule has 0 radical (unpaired) electrons. The Kier molecular flexibility index (Phi) is 6.76. The number of nitrogens with zero attached hydrogens (tertiary/aromatic N) is 4. The van der Waals surface area contributed by atoms with Crippen LogP contribution in [-0.2, 0) is 18.4 Å². The number of amides is 1. The summed E-state index contributed by atoms with van der Waals surface area (Å²) in [5.41, 5.74) is 0.455. The summed E-state index contributed by atoms with van der Waals surface area (Å²) in [6.07, 6.45) is 2.46. The van der Waals surface area contributed by atoms with Gasteiger partial charge in [-0.2, -0.15) is 0 Å². The molecule has 10 heteroatoms. The first-order chi connectivity index (χ1) is 14.3. The second-order valence-electron chi connectivity index (χ2n) is 8.01. The predicted molar refractivity (Wildman–Crippen MR) is 114 cm³/mol. The van der Waals surface area contributed by atoms with Gasteiger partial charge in [-0.15, -0.1) is 10.2 Å². The minimum atomic E-state index is -0.309. The molecule has 162 valence electrons. The van der Waals surface area contributed by atoms with Gasteiger partial charge in [-0.3, -0.25) is 4.79 Å². The molecule has 30 heavy (non-hydrogen) atoms. The summed E-state index contributed by atoms with van der Waals surface area (Å²) >= 11 is 0. The van der Waals surface area contributed by atoms with Crippen molar-refractivity contribution in [3.05, 3.63) is 30.4 Å². The van der Waals surface area contributed by atoms with Gasteiger partial charge >= 0.3 is 0 Å². The van der Waals surface area contributed by atoms with E-state index in [-0.39, 0.29) is 18.0 Å². The summed E-state index contributed by atoms with van der Waals surface area (Å²) in [6.45, 7) is 7.42. The maximum Gasteiger partial charge on any atom is 0.239 e. The van der Waals surface area contributed by atoms with Gasteiger partial charge in [-0.25, -0.2) is 4.99 Å². The molecule has 0 fully saturated rings. The normalized spacial score (nSPS) is 14.1. The molecule has 2 aromatic rings. The maximum absolute atomic E-state index is 12.2. The van der Waals surface area contributed by atoms with E-state index < -0.39 is 0 Å². The largest absolute Gasteiger partial charge is 0.490 e. The molecule has 0 spiro atoms. The van der Waals surface area contributed by atoms with Gasteiger partial charge in [-0.1, -0.05) is 0 Å². The van der Waals surface area contributed by atoms with Gasteiger partial charge in [0.05, 0.1) is 19.8 Å². The number of aromatic nitrogens is 3. The average Bonchev–Trinajstić information content (AvgIpc) is 2.94. The molecule has 0 unspecified atom stereocenters. The molecule has 1 aromatic heterocycles. The number of anilines is 1. The van der Waals surface area contributed by atoms with Gasteiger partial charge in [0, 0.05) is 30.8 Å². The number of nitrogens with one attached hydrogen (secondary N) is 3. The monoisotopic (exact) mass is 415 g/mol. The second-order valence-corrected chi connectivity index (χ2v) is 8.01. The van der Waals surface area contributed by atoms with E-state index in [9.17, 15) is 4.79 Å². The van der Waals surface area contributed by atoms with Crippen molar-refractivity contribution in [2.45, 2.75) is 39.3 Å². The first-order valence-electron chi connectivity index (χ1n) is 9.89. The van der Waals surface area contributed by atoms with Crippen molar-refractivity contribution in [2.75, 3.05) is 25.1 Å². The fourth-order valence-corrected chi connectivity index (χ4v) is 2.74. The maximum atomic E-state index is 12.2. The lowest BCUT2D eigenvalue weighted by atomic mass is 10.1. The molecule has 3 rings (SSSR count). The predicted octanol–water partition coefficient (Wildman–Crippen LogP) is 1.45. The van der Waals surface area contributed by atoms with Gasteiger partial charge in [-0.05, 0) is 32.9 Å². The first kappa shape index (κ1) is 21.4. The zero-order chi connectivity index (χ0) is 21.6. The highest BCUT2D eigenvalue weighted by molar-refractivity contribution is 5.96. The zero-order valence-electron chi connectivity index (χ0n) is 17.9. The molecular formula is C20H29N7O3. The summed E-state index contributed by atoms with van der Waals surface area (Å²) in [7, 11) is 1.85. The Labute approximate surface area is 176 Å². The van der Waals surface area contributed by atoms with E-state index >= 15 is 0 Å². The molecule has 2 heterocycles. The molecule has 1 aromatic carbocycles. The van der Waals surface area contributed by atoms with Crippen LogP contribution in [0.15, 0.2) is 29.5 Å². The van der Waals surface area contributed by atoms with E-state index in [4.69, 9.17) is 9.47 Å². The van der Waals surface area contributed by atoms with E-state index in [0.717, 1.165) is 12.1 Å². The van der Waals surface area contributed by atoms with E-state index in [2.05, 4.69) is 31.1 Å². The molecule has 0 atom stereocenters. The standard InChI is InChI=1S/C20H29N7O3/c1-20(2,3)25-18(28)12-22-19(21-11-17-26-23-13-27(17)4)24-14-6-7-15-16(10-14)30-9-5-8-29-15/h6-7,10,13H,5,8-9,11-12H2,1-4H3,(H,25,28)(H2,21,22,24). The van der Waals surface area contributed by atoms with Crippen LogP contribution in [0.2, 0.25) is 0 Å². The van der Waals surface area contributed by atoms with Gasteiger partial charge < -0.3 is 30.0 Å². The zero-order valence-corrected chi connectivity index (χ0v) is 17.9. The van der Waals surface area contributed by atoms with Gasteiger partial charge in [0.15, 0.2) is 23.3 Å². The van der Waals surface area contributed by atoms with Crippen LogP contribution in [0.5, 0.6) is 11.5 Å². The van der Waals surface area contributed by atoms with E-state index in [1.54, 1.807) is 10.9 Å². The Morgan fingerprint density at radius 2 is 2.00 bits per heavy atom. The molecule has 1 aliphatic rings. The van der Waals surface area contributed by atoms with Crippen molar-refractivity contribution in [1.82, 2.24) is 25.4 Å². The summed E-state index contributed by atoms with van der Waals surface area (Å²) < 4.78 is 13.2. The summed E-state index contributed by atoms with van der Waals surface area (Å²) in [5, 5.41) is 17.1. The van der Waals surface area contributed by atoms with Crippen LogP contribution < -0.4 is 25.4 Å². The van der Waals surface area contributed by atoms with E-state index in [0.29, 0.717) is 43.0 Å². The average molecular weight is 415 g/mol. The fraction of sp³-hybridized carbons (Fsp3) is 0.500. The molecule has 0 bridgehead atoms. The second kappa shape index (κ2) is 9.47. The van der Waals surface area contributed by atoms with Crippen LogP contribution in [0.25, 0.3) is 0 Å². The van der Waals surface area contributed by atoms with Crippen LogP contribution in [-0.4, -0.2) is 51.9 Å². The molecule has 3 N–H and O–H groups in total. The number of fused-ring (bicyclic) bond motifs is 1. The number of hydrogen-bond acceptors (Lipinski definition) is 6. The summed E-state index contributed by atoms with van der Waals surface area (Å²) in [5.74, 6) is 2.41. The minimum Gasteiger partial charge on any atom is -0.490 e. The number of rotatable bonds is 5. The Hall–Kier alpha value is -3.30. The Balaban J connectivity index is 1.72. The number of carbonyl (C=O) groups excluding carboxylic acids is 1. The highest BCUT2D eigenvalue weighted by Gasteiger charge is 2.15. The topological polar surface area (TPSA) is 115 Å². The third-order valence-corrected chi connectivity index (χ3v) is 4.12. The SMILES string of the molecule is Cn1cnnc1CN=C(NCC(=O)NC(C)(C)C)Nc1ccc2c(c1)OCCCO2. The number of aryl methyl sites for hydroxylation is 1. The number of hydrogen-bond donors (Lipinski definition) is 3. The molecule has 0 saturated heterocycles. The Morgan fingerprint density at radius 3 is 2.70 bits per heavy atom. The highest BCUT2D eigenvalue weighted by Crippen LogP contribution is 2.32. The molecular weight excluding hydrogens is 386 g/mol. The molecule has 1 aliphatic heterocycles. The van der Waals surface area contributed by atoms with Crippen molar-refractivity contribution in [1.29, 1.82) is 0 Å². The van der Waals surface area contributed by atoms with Crippen molar-refractivity contribution >= 4 is 17.6 Å². The van der Waals surface area contributed by atoms with E-state index in [1.165, 1.54) is 0 Å². The number of benzene rings is 1. The van der Waals surface area contributed by atoms with Crippen molar-refractivity contribution < 1.29 is 14.3 Å². The smallest absolute Gasteiger partial charge is 0.239 e. The quantitative estimate of drug-likeness (QED) is 0.500. The van der Waals surface area contributed by atoms with Crippen molar-refractivity contribution in [3.63, 3.8) is 0 Å². The van der Waals surface area contributed by atoms with Gasteiger partial charge in [0.25, 0.3) is 0 Å². The summed E-state index contributed by atoms with van der Waals surface area (Å²) in [6, 6.07) is 5.59. The number of carbonyl (C=O) groups is 1. The number of aliphatic imine (C=N–C) groups is 1. The lowest BCUT2D eigenvalue weighted by Gasteiger charge is -2.21. The molecule has 0 aliphatic carbocycles. The third kappa shape index (κ3) is 6.36. The highest BCUT2D eigenvalue weighted by atomic mass is 16.5. The van der Waals surface area contributed by atoms with Gasteiger partial charge in [0.1, 0.15) is 12.9 Å². The van der Waals surface area contributed by atoms with Crippen molar-refractivity contribution in [3.8, 4) is 11.5 Å². The number of ether oxygens (including phenoxy) is 2. The minimum absolute atomic E-state index is 0.0759. The van der Waals surface area contributed by atoms with Crippen LogP contribution in [0.3, 0.4) is 0 Å². The molecule has 10 nitrogen and oxygen atoms in total.